The molecule has 2 aliphatic rings. The molecule has 22 heavy (non-hydrogen) atoms. The van der Waals surface area contributed by atoms with E-state index in [0.717, 1.165) is 25.0 Å². The molecule has 6 heteroatoms. The Kier molecular flexibility index (Phi) is 4.29. The lowest BCUT2D eigenvalue weighted by molar-refractivity contribution is -0.146. The number of carbonyl (C=O) groups is 2. The molecule has 1 amide bonds. The van der Waals surface area contributed by atoms with Gasteiger partial charge in [0.15, 0.2) is 5.13 Å². The molecule has 5 nitrogen and oxygen atoms in total. The summed E-state index contributed by atoms with van der Waals surface area (Å²) in [6.07, 6.45) is 7.74. The number of nitrogens with zero attached hydrogens (tertiary/aromatic N) is 1. The molecule has 1 heterocycles. The van der Waals surface area contributed by atoms with Gasteiger partial charge in [0, 0.05) is 4.88 Å². The Morgan fingerprint density at radius 1 is 1.32 bits per heavy atom. The lowest BCUT2D eigenvalue weighted by Gasteiger charge is -2.23. The summed E-state index contributed by atoms with van der Waals surface area (Å²) in [7, 11) is 0. The fourth-order valence-electron chi connectivity index (χ4n) is 3.17. The number of aliphatic carboxylic acids is 1. The molecule has 1 aromatic rings. The smallest absolute Gasteiger partial charge is 0.307 e. The number of nitrogens with one attached hydrogen (secondary N) is 1. The number of carboxylic acid groups (broad SMARTS) is 1. The van der Waals surface area contributed by atoms with E-state index in [2.05, 4.69) is 17.2 Å². The fourth-order valence-corrected chi connectivity index (χ4v) is 4.34. The Bertz CT molecular complexity index is 623. The Hall–Kier alpha value is -1.69. The fraction of sp³-hybridized carbons (Fsp3) is 0.562. The van der Waals surface area contributed by atoms with E-state index < -0.39 is 17.8 Å². The van der Waals surface area contributed by atoms with E-state index in [1.54, 1.807) is 0 Å². The molecule has 0 spiro atoms. The lowest BCUT2D eigenvalue weighted by Crippen LogP contribution is -2.34. The number of amides is 1. The molecule has 1 aromatic heterocycles. The number of thiazole rings is 1. The first-order valence-corrected chi connectivity index (χ1v) is 8.53. The van der Waals surface area contributed by atoms with E-state index in [4.69, 9.17) is 0 Å². The van der Waals surface area contributed by atoms with Crippen molar-refractivity contribution in [3.8, 4) is 0 Å². The third kappa shape index (κ3) is 3.06. The van der Waals surface area contributed by atoms with Gasteiger partial charge in [-0.25, -0.2) is 4.98 Å². The van der Waals surface area contributed by atoms with Crippen LogP contribution >= 0.6 is 11.3 Å². The quantitative estimate of drug-likeness (QED) is 0.839. The van der Waals surface area contributed by atoms with Gasteiger partial charge in [-0.05, 0) is 38.0 Å². The highest BCUT2D eigenvalue weighted by Crippen LogP contribution is 2.33. The standard InChI is InChI=1S/C16H20N2O3S/c1-9-6-7-12-13(8-9)22-16(17-12)18-14(19)10-4-2-3-5-11(10)15(20)21/h2-3,9-11H,4-8H2,1H3,(H,20,21)(H,17,18,19)/t9-,10+,11-/m0/s1. The van der Waals surface area contributed by atoms with Gasteiger partial charge in [-0.1, -0.05) is 19.1 Å². The van der Waals surface area contributed by atoms with E-state index in [9.17, 15) is 14.7 Å². The molecule has 3 atom stereocenters. The van der Waals surface area contributed by atoms with Crippen molar-refractivity contribution in [2.24, 2.45) is 17.8 Å². The lowest BCUT2D eigenvalue weighted by atomic mass is 9.82. The van der Waals surface area contributed by atoms with Crippen LogP contribution in [0.2, 0.25) is 0 Å². The predicted octanol–water partition coefficient (Wildman–Crippen LogP) is 2.87. The SMILES string of the molecule is C[C@H]1CCc2nc(NC(=O)[C@@H]3CC=CC[C@@H]3C(=O)O)sc2C1. The second-order valence-corrected chi connectivity index (χ2v) is 7.30. The van der Waals surface area contributed by atoms with Gasteiger partial charge < -0.3 is 10.4 Å². The Labute approximate surface area is 133 Å². The van der Waals surface area contributed by atoms with Crippen molar-refractivity contribution in [1.82, 2.24) is 4.98 Å². The van der Waals surface area contributed by atoms with E-state index in [1.807, 2.05) is 12.2 Å². The maximum absolute atomic E-state index is 12.4. The Morgan fingerprint density at radius 3 is 2.77 bits per heavy atom. The minimum Gasteiger partial charge on any atom is -0.481 e. The van der Waals surface area contributed by atoms with Crippen LogP contribution in [0.4, 0.5) is 5.13 Å². The van der Waals surface area contributed by atoms with Gasteiger partial charge >= 0.3 is 5.97 Å². The number of anilines is 1. The summed E-state index contributed by atoms with van der Waals surface area (Å²) in [5.74, 6) is -1.62. The average molecular weight is 320 g/mol. The molecule has 0 saturated carbocycles. The first-order chi connectivity index (χ1) is 10.5. The van der Waals surface area contributed by atoms with Crippen molar-refractivity contribution in [2.75, 3.05) is 5.32 Å². The molecule has 0 unspecified atom stereocenters. The minimum atomic E-state index is -0.906. The first kappa shape index (κ1) is 15.2. The molecule has 2 N–H and O–H groups in total. The predicted molar refractivity (Wildman–Crippen MR) is 84.9 cm³/mol. The van der Waals surface area contributed by atoms with Crippen molar-refractivity contribution in [3.05, 3.63) is 22.7 Å². The number of hydrogen-bond donors (Lipinski definition) is 2. The Balaban J connectivity index is 1.71. The normalized spacial score (nSPS) is 27.2. The monoisotopic (exact) mass is 320 g/mol. The summed E-state index contributed by atoms with van der Waals surface area (Å²) in [6.45, 7) is 2.23. The summed E-state index contributed by atoms with van der Waals surface area (Å²) < 4.78 is 0. The third-order valence-corrected chi connectivity index (χ3v) is 5.54. The Morgan fingerprint density at radius 2 is 2.05 bits per heavy atom. The molecule has 0 fully saturated rings. The van der Waals surface area contributed by atoms with Gasteiger partial charge in [0.2, 0.25) is 5.91 Å². The highest BCUT2D eigenvalue weighted by atomic mass is 32.1. The second-order valence-electron chi connectivity index (χ2n) is 6.22. The highest BCUT2D eigenvalue weighted by molar-refractivity contribution is 7.15. The number of hydrogen-bond acceptors (Lipinski definition) is 4. The van der Waals surface area contributed by atoms with Crippen LogP contribution < -0.4 is 5.32 Å². The van der Waals surface area contributed by atoms with Gasteiger partial charge in [0.1, 0.15) is 0 Å². The summed E-state index contributed by atoms with van der Waals surface area (Å²) in [5.41, 5.74) is 1.09. The number of aromatic nitrogens is 1. The van der Waals surface area contributed by atoms with Gasteiger partial charge in [0.25, 0.3) is 0 Å². The second kappa shape index (κ2) is 6.20. The minimum absolute atomic E-state index is 0.226. The van der Waals surface area contributed by atoms with Crippen molar-refractivity contribution in [2.45, 2.75) is 39.0 Å². The number of allylic oxidation sites excluding steroid dienone is 2. The summed E-state index contributed by atoms with van der Waals surface area (Å²) in [4.78, 5) is 29.5. The summed E-state index contributed by atoms with van der Waals surface area (Å²) in [5, 5.41) is 12.7. The molecule has 3 rings (SSSR count). The van der Waals surface area contributed by atoms with Crippen LogP contribution in [0.3, 0.4) is 0 Å². The number of aryl methyl sites for hydroxylation is 1. The van der Waals surface area contributed by atoms with Crippen LogP contribution in [0.15, 0.2) is 12.2 Å². The molecule has 118 valence electrons. The van der Waals surface area contributed by atoms with Crippen LogP contribution in [0.5, 0.6) is 0 Å². The molecule has 2 aliphatic carbocycles. The van der Waals surface area contributed by atoms with Crippen molar-refractivity contribution in [3.63, 3.8) is 0 Å². The van der Waals surface area contributed by atoms with Crippen LogP contribution in [0, 0.1) is 17.8 Å². The van der Waals surface area contributed by atoms with Gasteiger partial charge in [0.05, 0.1) is 17.5 Å². The molecule has 0 aliphatic heterocycles. The van der Waals surface area contributed by atoms with E-state index >= 15 is 0 Å². The van der Waals surface area contributed by atoms with Crippen LogP contribution in [0.1, 0.15) is 36.8 Å². The zero-order valence-electron chi connectivity index (χ0n) is 12.5. The molecular weight excluding hydrogens is 300 g/mol. The van der Waals surface area contributed by atoms with Crippen molar-refractivity contribution in [1.29, 1.82) is 0 Å². The molecule has 0 saturated heterocycles. The summed E-state index contributed by atoms with van der Waals surface area (Å²) >= 11 is 1.53. The maximum Gasteiger partial charge on any atom is 0.307 e. The zero-order chi connectivity index (χ0) is 15.7. The van der Waals surface area contributed by atoms with Crippen molar-refractivity contribution < 1.29 is 14.7 Å². The van der Waals surface area contributed by atoms with Gasteiger partial charge in [-0.15, -0.1) is 11.3 Å². The number of fused-ring (bicyclic) bond motifs is 1. The van der Waals surface area contributed by atoms with E-state index in [0.29, 0.717) is 23.9 Å². The topological polar surface area (TPSA) is 79.3 Å². The van der Waals surface area contributed by atoms with Gasteiger partial charge in [-0.2, -0.15) is 0 Å². The average Bonchev–Trinajstić information content (AvgIpc) is 2.88. The molecule has 0 bridgehead atoms. The first-order valence-electron chi connectivity index (χ1n) is 7.72. The number of carboxylic acids is 1. The molecule has 0 aromatic carbocycles. The third-order valence-electron chi connectivity index (χ3n) is 4.50. The summed E-state index contributed by atoms with van der Waals surface area (Å²) in [6, 6.07) is 0. The number of carbonyl (C=O) groups excluding carboxylic acids is 1. The van der Waals surface area contributed by atoms with Crippen molar-refractivity contribution >= 4 is 28.3 Å². The molecular formula is C16H20N2O3S. The molecule has 0 radical (unpaired) electrons. The number of rotatable bonds is 3. The largest absolute Gasteiger partial charge is 0.481 e. The zero-order valence-corrected chi connectivity index (χ0v) is 13.4. The highest BCUT2D eigenvalue weighted by Gasteiger charge is 2.34. The van der Waals surface area contributed by atoms with E-state index in [1.165, 1.54) is 16.2 Å². The van der Waals surface area contributed by atoms with Crippen LogP contribution in [0.25, 0.3) is 0 Å². The van der Waals surface area contributed by atoms with E-state index in [-0.39, 0.29) is 5.91 Å². The maximum atomic E-state index is 12.4. The van der Waals surface area contributed by atoms with Crippen LogP contribution in [-0.4, -0.2) is 22.0 Å². The van der Waals surface area contributed by atoms with Gasteiger partial charge in [-0.3, -0.25) is 9.59 Å². The van der Waals surface area contributed by atoms with Crippen LogP contribution in [-0.2, 0) is 22.4 Å².